The second kappa shape index (κ2) is 22.5. The number of ether oxygens (including phenoxy) is 3. The number of likely N-dealkylation sites (N-methyl/N-ethyl adjacent to an activating group) is 1. The molecule has 3 aromatic carbocycles. The van der Waals surface area contributed by atoms with Crippen LogP contribution in [0.25, 0.3) is 22.2 Å². The van der Waals surface area contributed by atoms with Crippen molar-refractivity contribution in [1.82, 2.24) is 34.8 Å². The Morgan fingerprint density at radius 3 is 2.29 bits per heavy atom. The summed E-state index contributed by atoms with van der Waals surface area (Å²) in [5, 5.41) is 40.4. The summed E-state index contributed by atoms with van der Waals surface area (Å²) in [4.78, 5) is 72.0. The van der Waals surface area contributed by atoms with Crippen LogP contribution in [-0.2, 0) is 16.0 Å². The summed E-state index contributed by atoms with van der Waals surface area (Å²) in [7, 11) is 5.22. The molecule has 3 aromatic heterocycles. The van der Waals surface area contributed by atoms with Gasteiger partial charge < -0.3 is 63.5 Å². The number of β-lactam (4-membered cyclic amide) rings is 1. The number of nitrogens with zero attached hydrogens (tertiary/aromatic N) is 5. The number of thioether (sulfide) groups is 1. The molecule has 4 aliphatic rings. The predicted molar refractivity (Wildman–Crippen MR) is 278 cm³/mol. The van der Waals surface area contributed by atoms with Gasteiger partial charge in [0.15, 0.2) is 28.7 Å². The second-order valence-electron chi connectivity index (χ2n) is 18.8. The zero-order valence-corrected chi connectivity index (χ0v) is 42.7. The van der Waals surface area contributed by atoms with Gasteiger partial charge >= 0.3 is 41.5 Å². The third-order valence-corrected chi connectivity index (χ3v) is 15.0. The van der Waals surface area contributed by atoms with E-state index in [0.29, 0.717) is 59.4 Å². The van der Waals surface area contributed by atoms with Crippen LogP contribution in [-0.4, -0.2) is 169 Å². The third-order valence-electron chi connectivity index (χ3n) is 13.5. The van der Waals surface area contributed by atoms with Crippen LogP contribution in [0.2, 0.25) is 0 Å². The molecule has 3 saturated heterocycles. The number of pyridine rings is 1. The van der Waals surface area contributed by atoms with Crippen LogP contribution in [0.1, 0.15) is 70.0 Å². The van der Waals surface area contributed by atoms with Gasteiger partial charge in [0.2, 0.25) is 11.3 Å². The molecular weight excluding hydrogens is 1000 g/mol. The summed E-state index contributed by atoms with van der Waals surface area (Å²) in [6.07, 6.45) is 3.60. The van der Waals surface area contributed by atoms with Gasteiger partial charge in [0.1, 0.15) is 57.8 Å². The molecular formula is C51H58FN10NaO11S. The number of piperazine rings is 1. The van der Waals surface area contributed by atoms with Crippen LogP contribution in [0.4, 0.5) is 10.1 Å². The number of fused-ring (bicyclic) bond motifs is 1. The molecule has 0 aliphatic carbocycles. The fraction of sp³-hybridized carbons (Fsp3) is 0.373. The van der Waals surface area contributed by atoms with Crippen LogP contribution < -0.4 is 41.0 Å². The summed E-state index contributed by atoms with van der Waals surface area (Å²) >= 11 is 1.38. The molecule has 4 aliphatic heterocycles. The van der Waals surface area contributed by atoms with E-state index in [9.17, 15) is 38.6 Å². The molecule has 10 rings (SSSR count). The number of hydrogen-bond acceptors (Lipinski definition) is 15. The summed E-state index contributed by atoms with van der Waals surface area (Å²) in [6, 6.07) is 12.3. The number of nitrogens with one attached hydrogen (secondary N) is 5. The molecule has 2 amide bonds. The average molecular weight is 1060 g/mol. The Labute approximate surface area is 455 Å². The Morgan fingerprint density at radius 2 is 1.67 bits per heavy atom. The minimum absolute atomic E-state index is 0. The Kier molecular flexibility index (Phi) is 16.8. The van der Waals surface area contributed by atoms with Crippen molar-refractivity contribution in [2.45, 2.75) is 69.3 Å². The number of rotatable bonds is 10. The Hall–Kier alpha value is -6.92. The molecule has 0 spiro atoms. The van der Waals surface area contributed by atoms with Gasteiger partial charge in [-0.15, -0.1) is 11.8 Å². The topological polar surface area (TPSA) is 285 Å². The van der Waals surface area contributed by atoms with Crippen molar-refractivity contribution in [2.24, 2.45) is 0 Å². The van der Waals surface area contributed by atoms with E-state index in [1.54, 1.807) is 45.8 Å². The Bertz CT molecular complexity index is 3370. The van der Waals surface area contributed by atoms with Gasteiger partial charge in [-0.05, 0) is 71.0 Å². The summed E-state index contributed by atoms with van der Waals surface area (Å²) < 4.78 is 37.7. The number of carboxylic acid groups (broad SMARTS) is 2. The maximum atomic E-state index is 15.0. The van der Waals surface area contributed by atoms with E-state index in [4.69, 9.17) is 29.6 Å². The monoisotopic (exact) mass is 1060 g/mol. The zero-order valence-electron chi connectivity index (χ0n) is 41.9. The quantitative estimate of drug-likeness (QED) is 0.0754. The molecule has 392 valence electrons. The molecule has 0 bridgehead atoms. The van der Waals surface area contributed by atoms with Crippen molar-refractivity contribution in [3.63, 3.8) is 0 Å². The number of anilines is 1. The number of aromatic amines is 2. The molecule has 1 unspecified atom stereocenters. The van der Waals surface area contributed by atoms with E-state index in [1.165, 1.54) is 22.9 Å². The minimum atomic E-state index is -1.32. The van der Waals surface area contributed by atoms with E-state index in [1.807, 2.05) is 68.3 Å². The number of aryl methyl sites for hydroxylation is 2. The molecule has 7 heterocycles. The van der Waals surface area contributed by atoms with Gasteiger partial charge in [0.05, 0.1) is 31.2 Å². The fourth-order valence-electron chi connectivity index (χ4n) is 9.51. The number of aromatic carboxylic acids is 1. The molecule has 0 saturated carbocycles. The number of hydrogen-bond donors (Lipinski definition) is 7. The molecule has 4 atom stereocenters. The summed E-state index contributed by atoms with van der Waals surface area (Å²) in [5.41, 5.74) is 4.44. The zero-order chi connectivity index (χ0) is 53.5. The van der Waals surface area contributed by atoms with Crippen molar-refractivity contribution >= 4 is 81.7 Å². The van der Waals surface area contributed by atoms with Gasteiger partial charge in [-0.1, -0.05) is 35.5 Å². The first kappa shape index (κ1) is 55.8. The molecule has 6 aromatic rings. The number of benzene rings is 3. The van der Waals surface area contributed by atoms with E-state index in [0.717, 1.165) is 41.4 Å². The van der Waals surface area contributed by atoms with Gasteiger partial charge in [0.25, 0.3) is 5.91 Å². The summed E-state index contributed by atoms with van der Waals surface area (Å²) in [5.74, 6) is -1.72. The van der Waals surface area contributed by atoms with Crippen molar-refractivity contribution in [3.8, 4) is 28.5 Å². The first-order valence-corrected chi connectivity index (χ1v) is 24.4. The van der Waals surface area contributed by atoms with E-state index in [-0.39, 0.29) is 75.7 Å². The van der Waals surface area contributed by atoms with Gasteiger partial charge in [-0.25, -0.2) is 14.0 Å². The number of aliphatic carboxylic acids is 1. The number of methoxy groups -OCH3 is 2. The predicted octanol–water partition coefficient (Wildman–Crippen LogP) is 4.01. The van der Waals surface area contributed by atoms with Crippen molar-refractivity contribution < 1.29 is 52.5 Å². The van der Waals surface area contributed by atoms with E-state index >= 15 is 0 Å². The first-order chi connectivity index (χ1) is 35.1. The van der Waals surface area contributed by atoms with Crippen molar-refractivity contribution in [2.75, 3.05) is 59.0 Å². The normalized spacial score (nSPS) is 19.2. The van der Waals surface area contributed by atoms with Crippen LogP contribution in [0.15, 0.2) is 70.2 Å². The van der Waals surface area contributed by atoms with E-state index in [2.05, 4.69) is 25.3 Å². The van der Waals surface area contributed by atoms with Crippen LogP contribution in [0, 0.1) is 30.5 Å². The number of carbonyl (C=O) groups excluding carboxylic acids is 2. The molecule has 7 N–H and O–H groups in total. The number of carboxylic acids is 2. The molecule has 24 heteroatoms. The van der Waals surface area contributed by atoms with Crippen LogP contribution >= 0.6 is 11.8 Å². The average Bonchev–Trinajstić information content (AvgIpc) is 3.88. The fourth-order valence-corrected chi connectivity index (χ4v) is 11.1. The number of aromatic nitrogens is 4. The molecule has 75 heavy (non-hydrogen) atoms. The van der Waals surface area contributed by atoms with Crippen LogP contribution in [0.5, 0.6) is 17.2 Å². The molecule has 0 radical (unpaired) electrons. The standard InChI is InChI=1S/C19H19N3O5S.C18H20FN3O4.C14H18N4O2.Na.H/c1-9-11(12(21-27-9)10-7-5-4-6-8-10)15(23)20-13-16(24)22-14(18(25)26)19(2,3)28-17(13)22;1-10-9-26-17-14-11(16(23)12(18(24)25)8-22(10)14)7-13(19)15(17)21-5-3-20(2)4-6-21;1-8-4-11(19-2)12(20-3)6-9(8)5-10-7-17-14(16)18-13(10)15;;/h4-8,13-14,17H,1-3H3,(H,20,23)(H,25,26);7-8,10H,3-6,9H2,1-2H3,(H,24,25);4,6-7H,5H2,1-3H3,(H4,15,16,17,18);;/t13-,14+,17-;;;;/m1..../s1. The number of halogens is 1. The Morgan fingerprint density at radius 1 is 1.00 bits per heavy atom. The van der Waals surface area contributed by atoms with Crippen molar-refractivity contribution in [1.29, 1.82) is 10.8 Å². The number of amides is 2. The van der Waals surface area contributed by atoms with Crippen LogP contribution in [0.3, 0.4) is 0 Å². The number of H-pyrrole nitrogens is 2. The van der Waals surface area contributed by atoms with Crippen molar-refractivity contribution in [3.05, 3.63) is 122 Å². The summed E-state index contributed by atoms with van der Waals surface area (Å²) in [6.45, 7) is 12.3. The maximum absolute atomic E-state index is 15.0. The Balaban J connectivity index is 0.000000165. The van der Waals surface area contributed by atoms with Gasteiger partial charge in [-0.2, -0.15) is 0 Å². The molecule has 3 fully saturated rings. The third kappa shape index (κ3) is 10.9. The first-order valence-electron chi connectivity index (χ1n) is 23.5. The molecule has 21 nitrogen and oxygen atoms in total. The van der Waals surface area contributed by atoms with E-state index < -0.39 is 51.3 Å². The number of carbonyl (C=O) groups is 4. The van der Waals surface area contributed by atoms with Gasteiger partial charge in [0, 0.05) is 60.9 Å². The SMILES string of the molecule is CC1COc2c(N3CCN(C)CC3)c(F)cc3c(=O)c(C(=O)O)cn1c23.COc1cc(C)c(Cc2c[nH]c(=N)[nH]c2=N)cc1OC.Cc1onc(-c2ccccc2)c1C(=O)N[C@@H]1C(=O)N2[C@@H]1SC(C)(C)[C@@H]2C(=O)O.[NaH]. The second-order valence-corrected chi connectivity index (χ2v) is 20.6. The van der Waals surface area contributed by atoms with Gasteiger partial charge in [-0.3, -0.25) is 25.2 Å².